The Balaban J connectivity index is 2.15. The van der Waals surface area contributed by atoms with E-state index in [1.54, 1.807) is 0 Å². The molecule has 12 heavy (non-hydrogen) atoms. The minimum absolute atomic E-state index is 0.0251. The summed E-state index contributed by atoms with van der Waals surface area (Å²) in [6, 6.07) is -0.380. The van der Waals surface area contributed by atoms with Crippen molar-refractivity contribution in [1.82, 2.24) is 5.32 Å². The Morgan fingerprint density at radius 3 is 2.83 bits per heavy atom. The van der Waals surface area contributed by atoms with Gasteiger partial charge >= 0.3 is 5.97 Å². The van der Waals surface area contributed by atoms with Crippen LogP contribution in [0.1, 0.15) is 19.3 Å². The summed E-state index contributed by atoms with van der Waals surface area (Å²) in [6.07, 6.45) is 2.42. The Kier molecular flexibility index (Phi) is 1.40. The van der Waals surface area contributed by atoms with Gasteiger partial charge in [0.05, 0.1) is 7.11 Å². The van der Waals surface area contributed by atoms with E-state index in [0.29, 0.717) is 6.42 Å². The monoisotopic (exact) mass is 169 g/mol. The number of ether oxygens (including phenoxy) is 1. The highest BCUT2D eigenvalue weighted by Gasteiger charge is 2.58. The Morgan fingerprint density at radius 2 is 2.33 bits per heavy atom. The molecule has 1 amide bonds. The molecule has 1 saturated heterocycles. The van der Waals surface area contributed by atoms with Crippen LogP contribution >= 0.6 is 0 Å². The summed E-state index contributed by atoms with van der Waals surface area (Å²) in [5.74, 6) is -0.332. The van der Waals surface area contributed by atoms with E-state index < -0.39 is 0 Å². The lowest BCUT2D eigenvalue weighted by molar-refractivity contribution is -0.144. The number of methoxy groups -OCH3 is 1. The summed E-state index contributed by atoms with van der Waals surface area (Å²) in [5.41, 5.74) is -0.0792. The molecule has 1 heterocycles. The third kappa shape index (κ3) is 0.906. The van der Waals surface area contributed by atoms with Crippen molar-refractivity contribution in [1.29, 1.82) is 0 Å². The number of nitrogens with one attached hydrogen (secondary N) is 1. The first kappa shape index (κ1) is 7.58. The molecule has 66 valence electrons. The molecule has 2 aliphatic rings. The van der Waals surface area contributed by atoms with E-state index in [0.717, 1.165) is 12.8 Å². The lowest BCUT2D eigenvalue weighted by atomic mass is 9.98. The molecule has 2 rings (SSSR count). The average Bonchev–Trinajstić information content (AvgIpc) is 2.71. The van der Waals surface area contributed by atoms with Gasteiger partial charge in [0.25, 0.3) is 0 Å². The summed E-state index contributed by atoms with van der Waals surface area (Å²) >= 11 is 0. The van der Waals surface area contributed by atoms with Crippen LogP contribution in [0.2, 0.25) is 0 Å². The van der Waals surface area contributed by atoms with Crippen LogP contribution in [-0.2, 0) is 14.3 Å². The van der Waals surface area contributed by atoms with Crippen LogP contribution in [0.4, 0.5) is 0 Å². The predicted octanol–water partition coefficient (Wildman–Crippen LogP) is -0.172. The molecule has 1 spiro atoms. The minimum atomic E-state index is -0.380. The van der Waals surface area contributed by atoms with E-state index in [-0.39, 0.29) is 23.3 Å². The largest absolute Gasteiger partial charge is 0.467 e. The van der Waals surface area contributed by atoms with Gasteiger partial charge in [-0.25, -0.2) is 4.79 Å². The van der Waals surface area contributed by atoms with Crippen LogP contribution in [0, 0.1) is 5.41 Å². The fraction of sp³-hybridized carbons (Fsp3) is 0.750. The lowest BCUT2D eigenvalue weighted by Crippen LogP contribution is -2.38. The second-order valence-corrected chi connectivity index (χ2v) is 3.56. The number of hydrogen-bond acceptors (Lipinski definition) is 3. The van der Waals surface area contributed by atoms with Gasteiger partial charge in [-0.15, -0.1) is 0 Å². The van der Waals surface area contributed by atoms with E-state index in [4.69, 9.17) is 0 Å². The van der Waals surface area contributed by atoms with Crippen molar-refractivity contribution in [3.8, 4) is 0 Å². The standard InChI is InChI=1S/C8H11NO3/c1-12-7(11)6-8(2-3-8)4-5(10)9-6/h6H,2-4H2,1H3,(H,9,10). The predicted molar refractivity (Wildman–Crippen MR) is 40.2 cm³/mol. The summed E-state index contributed by atoms with van der Waals surface area (Å²) < 4.78 is 4.60. The van der Waals surface area contributed by atoms with Crippen LogP contribution in [-0.4, -0.2) is 25.0 Å². The Morgan fingerprint density at radius 1 is 1.67 bits per heavy atom. The van der Waals surface area contributed by atoms with E-state index in [1.165, 1.54) is 7.11 Å². The third-order valence-corrected chi connectivity index (χ3v) is 2.76. The van der Waals surface area contributed by atoms with Gasteiger partial charge in [-0.3, -0.25) is 4.79 Å². The van der Waals surface area contributed by atoms with Crippen molar-refractivity contribution >= 4 is 11.9 Å². The molecule has 0 aromatic rings. The van der Waals surface area contributed by atoms with Gasteiger partial charge in [0.15, 0.2) is 0 Å². The number of carbonyl (C=O) groups excluding carboxylic acids is 2. The zero-order valence-electron chi connectivity index (χ0n) is 6.92. The highest BCUT2D eigenvalue weighted by molar-refractivity contribution is 5.90. The molecule has 0 bridgehead atoms. The smallest absolute Gasteiger partial charge is 0.328 e. The number of rotatable bonds is 1. The fourth-order valence-corrected chi connectivity index (χ4v) is 1.84. The van der Waals surface area contributed by atoms with Gasteiger partial charge < -0.3 is 10.1 Å². The first-order valence-electron chi connectivity index (χ1n) is 4.05. The van der Waals surface area contributed by atoms with Gasteiger partial charge in [0.1, 0.15) is 6.04 Å². The average molecular weight is 169 g/mol. The van der Waals surface area contributed by atoms with Crippen LogP contribution in [0.25, 0.3) is 0 Å². The molecular weight excluding hydrogens is 158 g/mol. The molecule has 1 saturated carbocycles. The van der Waals surface area contributed by atoms with Gasteiger partial charge in [0.2, 0.25) is 5.91 Å². The van der Waals surface area contributed by atoms with Crippen molar-refractivity contribution in [3.63, 3.8) is 0 Å². The summed E-state index contributed by atoms with van der Waals surface area (Å²) in [7, 11) is 1.35. The summed E-state index contributed by atoms with van der Waals surface area (Å²) in [4.78, 5) is 22.2. The number of amides is 1. The highest BCUT2D eigenvalue weighted by atomic mass is 16.5. The molecule has 1 atom stereocenters. The SMILES string of the molecule is COC(=O)C1NC(=O)CC12CC2. The van der Waals surface area contributed by atoms with Crippen LogP contribution < -0.4 is 5.32 Å². The van der Waals surface area contributed by atoms with Gasteiger partial charge in [0, 0.05) is 11.8 Å². The van der Waals surface area contributed by atoms with E-state index in [2.05, 4.69) is 10.1 Å². The highest BCUT2D eigenvalue weighted by Crippen LogP contribution is 2.54. The van der Waals surface area contributed by atoms with Crippen molar-refractivity contribution < 1.29 is 14.3 Å². The summed E-state index contributed by atoms with van der Waals surface area (Å²) in [6.45, 7) is 0. The number of carbonyl (C=O) groups is 2. The lowest BCUT2D eigenvalue weighted by Gasteiger charge is -2.13. The first-order valence-corrected chi connectivity index (χ1v) is 4.05. The molecule has 0 aromatic heterocycles. The molecule has 0 aromatic carbocycles. The molecular formula is C8H11NO3. The van der Waals surface area contributed by atoms with Crippen LogP contribution in [0.5, 0.6) is 0 Å². The molecule has 4 heteroatoms. The Bertz CT molecular complexity index is 245. The van der Waals surface area contributed by atoms with Crippen molar-refractivity contribution in [2.24, 2.45) is 5.41 Å². The summed E-state index contributed by atoms with van der Waals surface area (Å²) in [5, 5.41) is 2.64. The second kappa shape index (κ2) is 2.21. The minimum Gasteiger partial charge on any atom is -0.467 e. The maximum absolute atomic E-state index is 11.2. The number of esters is 1. The second-order valence-electron chi connectivity index (χ2n) is 3.56. The third-order valence-electron chi connectivity index (χ3n) is 2.76. The Hall–Kier alpha value is -1.06. The van der Waals surface area contributed by atoms with Crippen LogP contribution in [0.3, 0.4) is 0 Å². The molecule has 4 nitrogen and oxygen atoms in total. The van der Waals surface area contributed by atoms with Gasteiger partial charge in [-0.1, -0.05) is 0 Å². The molecule has 1 aliphatic carbocycles. The van der Waals surface area contributed by atoms with E-state index >= 15 is 0 Å². The van der Waals surface area contributed by atoms with Crippen LogP contribution in [0.15, 0.2) is 0 Å². The van der Waals surface area contributed by atoms with Gasteiger partial charge in [-0.05, 0) is 12.8 Å². The zero-order valence-corrected chi connectivity index (χ0v) is 6.92. The molecule has 1 unspecified atom stereocenters. The Labute approximate surface area is 70.3 Å². The van der Waals surface area contributed by atoms with Crippen molar-refractivity contribution in [2.45, 2.75) is 25.3 Å². The molecule has 1 aliphatic heterocycles. The van der Waals surface area contributed by atoms with E-state index in [1.807, 2.05) is 0 Å². The molecule has 1 N–H and O–H groups in total. The van der Waals surface area contributed by atoms with Gasteiger partial charge in [-0.2, -0.15) is 0 Å². The topological polar surface area (TPSA) is 55.4 Å². The maximum atomic E-state index is 11.2. The van der Waals surface area contributed by atoms with E-state index in [9.17, 15) is 9.59 Å². The molecule has 0 radical (unpaired) electrons. The van der Waals surface area contributed by atoms with Crippen molar-refractivity contribution in [2.75, 3.05) is 7.11 Å². The number of hydrogen-bond donors (Lipinski definition) is 1. The quantitative estimate of drug-likeness (QED) is 0.554. The normalized spacial score (nSPS) is 30.1. The molecule has 2 fully saturated rings. The maximum Gasteiger partial charge on any atom is 0.328 e. The first-order chi connectivity index (χ1) is 5.68. The fourth-order valence-electron chi connectivity index (χ4n) is 1.84. The van der Waals surface area contributed by atoms with Crippen molar-refractivity contribution in [3.05, 3.63) is 0 Å². The zero-order chi connectivity index (χ0) is 8.77.